The molecule has 1 saturated heterocycles. The van der Waals surface area contributed by atoms with Crippen molar-refractivity contribution in [2.45, 2.75) is 51.2 Å². The molecule has 9 nitrogen and oxygen atoms in total. The second-order valence-electron chi connectivity index (χ2n) is 10.3. The Kier molecular flexibility index (Phi) is 8.06. The van der Waals surface area contributed by atoms with Crippen LogP contribution in [0.25, 0.3) is 10.9 Å². The zero-order valence-electron chi connectivity index (χ0n) is 22.5. The summed E-state index contributed by atoms with van der Waals surface area (Å²) in [6.45, 7) is 4.19. The van der Waals surface area contributed by atoms with Gasteiger partial charge in [-0.05, 0) is 55.9 Å². The number of aryl methyl sites for hydroxylation is 2. The van der Waals surface area contributed by atoms with Crippen molar-refractivity contribution in [3.05, 3.63) is 65.4 Å². The lowest BCUT2D eigenvalue weighted by molar-refractivity contribution is -0.120. The Bertz CT molecular complexity index is 1460. The van der Waals surface area contributed by atoms with E-state index in [0.717, 1.165) is 34.9 Å². The van der Waals surface area contributed by atoms with E-state index < -0.39 is 22.0 Å². The van der Waals surface area contributed by atoms with Crippen LogP contribution >= 0.6 is 0 Å². The first-order valence-corrected chi connectivity index (χ1v) is 15.2. The van der Waals surface area contributed by atoms with E-state index in [4.69, 9.17) is 4.74 Å². The number of benzene rings is 2. The van der Waals surface area contributed by atoms with E-state index in [0.29, 0.717) is 43.9 Å². The molecule has 10 heteroatoms. The number of nitrogens with one attached hydrogen (secondary N) is 2. The van der Waals surface area contributed by atoms with Gasteiger partial charge >= 0.3 is 0 Å². The number of nitrogens with zero attached hydrogens (tertiary/aromatic N) is 2. The van der Waals surface area contributed by atoms with Crippen LogP contribution in [0.4, 0.5) is 5.69 Å². The molecule has 3 heterocycles. The average Bonchev–Trinajstić information content (AvgIpc) is 3.28. The molecule has 1 amide bonds. The molecule has 3 aromatic rings. The maximum absolute atomic E-state index is 13.7. The summed E-state index contributed by atoms with van der Waals surface area (Å²) in [6, 6.07) is 12.5. The van der Waals surface area contributed by atoms with Gasteiger partial charge in [0.25, 0.3) is 5.91 Å². The van der Waals surface area contributed by atoms with E-state index in [2.05, 4.69) is 10.6 Å². The van der Waals surface area contributed by atoms with Crippen LogP contribution in [0.2, 0.25) is 0 Å². The molecule has 0 spiro atoms. The molecule has 2 aliphatic heterocycles. The summed E-state index contributed by atoms with van der Waals surface area (Å²) in [7, 11) is -1.98. The van der Waals surface area contributed by atoms with Crippen LogP contribution < -0.4 is 14.9 Å². The van der Waals surface area contributed by atoms with Crippen molar-refractivity contribution in [3.63, 3.8) is 0 Å². The predicted molar refractivity (Wildman–Crippen MR) is 152 cm³/mol. The molecule has 5 rings (SSSR count). The molecule has 2 aliphatic rings. The Morgan fingerprint density at radius 2 is 1.87 bits per heavy atom. The Morgan fingerprint density at radius 1 is 1.13 bits per heavy atom. The molecule has 39 heavy (non-hydrogen) atoms. The maximum atomic E-state index is 13.7. The van der Waals surface area contributed by atoms with Crippen LogP contribution in [-0.4, -0.2) is 69.3 Å². The summed E-state index contributed by atoms with van der Waals surface area (Å²) in [4.78, 5) is 27.1. The molecule has 1 aromatic heterocycles. The quantitative estimate of drug-likeness (QED) is 0.423. The number of ketones is 1. The van der Waals surface area contributed by atoms with Crippen LogP contribution in [0.3, 0.4) is 0 Å². The van der Waals surface area contributed by atoms with Gasteiger partial charge in [-0.3, -0.25) is 13.9 Å². The largest absolute Gasteiger partial charge is 0.381 e. The molecule has 1 fully saturated rings. The molecule has 1 atom stereocenters. The van der Waals surface area contributed by atoms with Gasteiger partial charge in [-0.25, -0.2) is 8.42 Å². The first kappa shape index (κ1) is 27.4. The number of hydrogen-bond donors (Lipinski definition) is 2. The Morgan fingerprint density at radius 3 is 2.59 bits per heavy atom. The normalized spacial score (nSPS) is 18.1. The lowest BCUT2D eigenvalue weighted by Crippen LogP contribution is -2.48. The van der Waals surface area contributed by atoms with Crippen molar-refractivity contribution in [1.82, 2.24) is 15.2 Å². The minimum Gasteiger partial charge on any atom is -0.381 e. The fraction of sp³-hybridized carbons (Fsp3) is 0.448. The molecular weight excluding hydrogens is 516 g/mol. The van der Waals surface area contributed by atoms with Crippen molar-refractivity contribution in [2.24, 2.45) is 0 Å². The van der Waals surface area contributed by atoms with E-state index in [-0.39, 0.29) is 24.1 Å². The second-order valence-corrected chi connectivity index (χ2v) is 12.4. The number of rotatable bonds is 9. The number of aromatic nitrogens is 1. The summed E-state index contributed by atoms with van der Waals surface area (Å²) < 4.78 is 34.5. The van der Waals surface area contributed by atoms with E-state index in [1.165, 1.54) is 11.4 Å². The smallest absolute Gasteiger partial charge is 0.252 e. The monoisotopic (exact) mass is 552 g/mol. The van der Waals surface area contributed by atoms with Gasteiger partial charge in [-0.15, -0.1) is 0 Å². The van der Waals surface area contributed by atoms with Crippen LogP contribution in [0.15, 0.2) is 48.7 Å². The van der Waals surface area contributed by atoms with E-state index in [1.54, 1.807) is 12.1 Å². The van der Waals surface area contributed by atoms with Crippen LogP contribution in [0.5, 0.6) is 0 Å². The fourth-order valence-electron chi connectivity index (χ4n) is 5.45. The minimum atomic E-state index is -3.52. The summed E-state index contributed by atoms with van der Waals surface area (Å²) in [5, 5.41) is 7.16. The Labute approximate surface area is 229 Å². The number of Topliss-reactive ketones (excluding diaryl/α,β-unsaturated/α-hetero) is 1. The number of carbonyl (C=O) groups is 2. The second kappa shape index (κ2) is 11.5. The lowest BCUT2D eigenvalue weighted by atomic mass is 10.0. The van der Waals surface area contributed by atoms with Gasteiger partial charge in [-0.1, -0.05) is 30.3 Å². The highest BCUT2D eigenvalue weighted by Gasteiger charge is 2.30. The predicted octanol–water partition coefficient (Wildman–Crippen LogP) is 2.66. The number of anilines is 1. The zero-order valence-corrected chi connectivity index (χ0v) is 23.3. The Balaban J connectivity index is 1.44. The lowest BCUT2D eigenvalue weighted by Gasteiger charge is -2.25. The van der Waals surface area contributed by atoms with Crippen LogP contribution in [0, 0.1) is 0 Å². The van der Waals surface area contributed by atoms with Gasteiger partial charge in [0.1, 0.15) is 0 Å². The van der Waals surface area contributed by atoms with Crippen molar-refractivity contribution in [3.8, 4) is 0 Å². The van der Waals surface area contributed by atoms with Crippen molar-refractivity contribution >= 4 is 38.3 Å². The molecule has 208 valence electrons. The van der Waals surface area contributed by atoms with Gasteiger partial charge in [0.05, 0.1) is 29.5 Å². The number of carbonyl (C=O) groups excluding carboxylic acids is 2. The third-order valence-electron chi connectivity index (χ3n) is 7.79. The highest BCUT2D eigenvalue weighted by atomic mass is 32.2. The van der Waals surface area contributed by atoms with Crippen LogP contribution in [-0.2, 0) is 38.9 Å². The standard InChI is InChI=1S/C29H36N4O5S/c1-3-33-19-21-11-14-39(36,37)32(2)25-16-22(17-26(33)28(21)25)29(35)31-24(15-20-7-5-4-6-8-20)27(34)18-30-23-9-12-38-13-10-23/h4-8,16-17,19,23-24,30H,3,9-15,18H2,1-2H3,(H,31,35)/t24-/m0/s1. The van der Waals surface area contributed by atoms with Gasteiger partial charge in [-0.2, -0.15) is 0 Å². The van der Waals surface area contributed by atoms with Gasteiger partial charge in [0.15, 0.2) is 5.78 Å². The third kappa shape index (κ3) is 5.88. The SMILES string of the molecule is CCn1cc2c3c(cc(C(=O)N[C@@H](Cc4ccccc4)C(=O)CNC4CCOCC4)cc31)N(C)S(=O)(=O)CC2. The first-order chi connectivity index (χ1) is 18.8. The molecule has 0 radical (unpaired) electrons. The van der Waals surface area contributed by atoms with E-state index in [1.807, 2.05) is 48.0 Å². The van der Waals surface area contributed by atoms with E-state index >= 15 is 0 Å². The van der Waals surface area contributed by atoms with Gasteiger partial charge in [0, 0.05) is 50.0 Å². The fourth-order valence-corrected chi connectivity index (χ4v) is 6.65. The topological polar surface area (TPSA) is 110 Å². The highest BCUT2D eigenvalue weighted by Crippen LogP contribution is 2.36. The molecular formula is C29H36N4O5S. The summed E-state index contributed by atoms with van der Waals surface area (Å²) in [5.74, 6) is -0.498. The molecule has 0 bridgehead atoms. The molecule has 0 saturated carbocycles. The summed E-state index contributed by atoms with van der Waals surface area (Å²) >= 11 is 0. The number of amides is 1. The first-order valence-electron chi connectivity index (χ1n) is 13.6. The number of hydrogen-bond acceptors (Lipinski definition) is 6. The third-order valence-corrected chi connectivity index (χ3v) is 9.54. The summed E-state index contributed by atoms with van der Waals surface area (Å²) in [5.41, 5.74) is 3.53. The van der Waals surface area contributed by atoms with E-state index in [9.17, 15) is 18.0 Å². The molecule has 0 aliphatic carbocycles. The number of ether oxygens (including phenoxy) is 1. The molecule has 0 unspecified atom stereocenters. The highest BCUT2D eigenvalue weighted by molar-refractivity contribution is 7.92. The zero-order chi connectivity index (χ0) is 27.6. The maximum Gasteiger partial charge on any atom is 0.252 e. The minimum absolute atomic E-state index is 0.0102. The molecule has 2 N–H and O–H groups in total. The summed E-state index contributed by atoms with van der Waals surface area (Å²) in [6.07, 6.45) is 4.46. The Hall–Kier alpha value is -3.21. The van der Waals surface area contributed by atoms with Crippen LogP contribution in [0.1, 0.15) is 41.3 Å². The van der Waals surface area contributed by atoms with Gasteiger partial charge in [0.2, 0.25) is 10.0 Å². The number of sulfonamides is 1. The van der Waals surface area contributed by atoms with Crippen molar-refractivity contribution < 1.29 is 22.7 Å². The molecule has 2 aromatic carbocycles. The van der Waals surface area contributed by atoms with Crippen molar-refractivity contribution in [2.75, 3.05) is 36.9 Å². The van der Waals surface area contributed by atoms with Gasteiger partial charge < -0.3 is 19.9 Å². The van der Waals surface area contributed by atoms with Crippen molar-refractivity contribution in [1.29, 1.82) is 0 Å². The average molecular weight is 553 g/mol.